The van der Waals surface area contributed by atoms with Gasteiger partial charge >= 0.3 is 0 Å². The molecule has 0 saturated carbocycles. The molecule has 2 aromatic heterocycles. The van der Waals surface area contributed by atoms with E-state index in [9.17, 15) is 4.79 Å². The van der Waals surface area contributed by atoms with Gasteiger partial charge in [0.2, 0.25) is 11.0 Å². The largest absolute Gasteiger partial charge is 0.497 e. The molecule has 1 aliphatic heterocycles. The maximum atomic E-state index is 12.6. The van der Waals surface area contributed by atoms with E-state index >= 15 is 0 Å². The van der Waals surface area contributed by atoms with Crippen LogP contribution in [0.25, 0.3) is 15.3 Å². The fraction of sp³-hybridized carbons (Fsp3) is 0.227. The Bertz CT molecular complexity index is 1260. The average molecular weight is 404 g/mol. The first kappa shape index (κ1) is 17.9. The van der Waals surface area contributed by atoms with Crippen LogP contribution >= 0.6 is 11.3 Å². The highest BCUT2D eigenvalue weighted by Crippen LogP contribution is 2.41. The number of carbonyl (C=O) groups is 1. The van der Waals surface area contributed by atoms with Gasteiger partial charge in [0.25, 0.3) is 0 Å². The Morgan fingerprint density at radius 3 is 2.90 bits per heavy atom. The molecular formula is C22H20N4O2S. The zero-order chi connectivity index (χ0) is 20.1. The molecule has 6 nitrogen and oxygen atoms in total. The molecule has 29 heavy (non-hydrogen) atoms. The van der Waals surface area contributed by atoms with Crippen LogP contribution < -0.4 is 10.1 Å². The summed E-state index contributed by atoms with van der Waals surface area (Å²) in [7, 11) is 1.65. The summed E-state index contributed by atoms with van der Waals surface area (Å²) in [5, 5.41) is 8.53. The smallest absolute Gasteiger partial charge is 0.226 e. The fourth-order valence-corrected chi connectivity index (χ4v) is 4.96. The minimum Gasteiger partial charge on any atom is -0.497 e. The van der Waals surface area contributed by atoms with E-state index in [-0.39, 0.29) is 11.8 Å². The van der Waals surface area contributed by atoms with Crippen LogP contribution in [-0.2, 0) is 4.79 Å². The number of aromatic nitrogens is 3. The van der Waals surface area contributed by atoms with Crippen LogP contribution in [0.5, 0.6) is 5.75 Å². The number of ether oxygens (including phenoxy) is 1. The van der Waals surface area contributed by atoms with Crippen LogP contribution in [0.15, 0.2) is 42.5 Å². The number of rotatable bonds is 3. The standard InChI is InChI=1S/C22H20N4O2S/c1-12-7-8-17-18(9-12)29-22(23-17)26-21-20(13(2)25-26)16(11-19(27)24-21)14-5-4-6-15(10-14)28-3/h4-10,16H,11H2,1-3H3,(H,24,27)/t16-/m0/s1. The Kier molecular flexibility index (Phi) is 4.13. The maximum Gasteiger partial charge on any atom is 0.226 e. The molecule has 1 atom stereocenters. The van der Waals surface area contributed by atoms with Gasteiger partial charge in [-0.25, -0.2) is 4.98 Å². The molecule has 1 amide bonds. The molecule has 146 valence electrons. The highest BCUT2D eigenvalue weighted by Gasteiger charge is 2.33. The number of hydrogen-bond donors (Lipinski definition) is 1. The topological polar surface area (TPSA) is 69.0 Å². The summed E-state index contributed by atoms with van der Waals surface area (Å²) in [5.74, 6) is 1.40. The number of thiazole rings is 1. The van der Waals surface area contributed by atoms with Crippen LogP contribution in [0.2, 0.25) is 0 Å². The fourth-order valence-electron chi connectivity index (χ4n) is 3.94. The van der Waals surface area contributed by atoms with E-state index in [1.165, 1.54) is 5.56 Å². The van der Waals surface area contributed by atoms with Gasteiger partial charge in [-0.3, -0.25) is 4.79 Å². The summed E-state index contributed by atoms with van der Waals surface area (Å²) in [4.78, 5) is 17.3. The highest BCUT2D eigenvalue weighted by atomic mass is 32.1. The van der Waals surface area contributed by atoms with Gasteiger partial charge in [-0.2, -0.15) is 9.78 Å². The first-order chi connectivity index (χ1) is 14.0. The average Bonchev–Trinajstić information content (AvgIpc) is 3.28. The second-order valence-corrected chi connectivity index (χ2v) is 8.32. The van der Waals surface area contributed by atoms with Crippen LogP contribution in [0.4, 0.5) is 5.82 Å². The summed E-state index contributed by atoms with van der Waals surface area (Å²) in [6, 6.07) is 14.1. The predicted octanol–water partition coefficient (Wildman–Crippen LogP) is 4.58. The molecule has 0 fully saturated rings. The number of aryl methyl sites for hydroxylation is 2. The first-order valence-electron chi connectivity index (χ1n) is 9.44. The third kappa shape index (κ3) is 2.98. The number of nitrogens with one attached hydrogen (secondary N) is 1. The van der Waals surface area contributed by atoms with E-state index in [4.69, 9.17) is 14.8 Å². The number of benzene rings is 2. The van der Waals surface area contributed by atoms with Crippen molar-refractivity contribution in [2.75, 3.05) is 12.4 Å². The van der Waals surface area contributed by atoms with Gasteiger partial charge in [-0.1, -0.05) is 29.5 Å². The van der Waals surface area contributed by atoms with Crippen molar-refractivity contribution in [3.05, 3.63) is 64.8 Å². The van der Waals surface area contributed by atoms with Crippen LogP contribution in [-0.4, -0.2) is 27.8 Å². The van der Waals surface area contributed by atoms with E-state index in [1.54, 1.807) is 23.1 Å². The number of amides is 1. The molecular weight excluding hydrogens is 384 g/mol. The summed E-state index contributed by atoms with van der Waals surface area (Å²) in [6.45, 7) is 4.05. The zero-order valence-corrected chi connectivity index (χ0v) is 17.2. The molecule has 1 N–H and O–H groups in total. The maximum absolute atomic E-state index is 12.6. The molecule has 0 spiro atoms. The van der Waals surface area contributed by atoms with Crippen molar-refractivity contribution in [3.8, 4) is 10.9 Å². The number of nitrogens with zero attached hydrogens (tertiary/aromatic N) is 3. The normalized spacial score (nSPS) is 16.0. The van der Waals surface area contributed by atoms with Gasteiger partial charge in [0.05, 0.1) is 23.0 Å². The molecule has 0 aliphatic carbocycles. The molecule has 3 heterocycles. The van der Waals surface area contributed by atoms with Gasteiger partial charge in [0.1, 0.15) is 11.6 Å². The van der Waals surface area contributed by atoms with Crippen molar-refractivity contribution in [2.45, 2.75) is 26.2 Å². The van der Waals surface area contributed by atoms with Crippen LogP contribution in [0, 0.1) is 13.8 Å². The molecule has 4 aromatic rings. The van der Waals surface area contributed by atoms with Crippen molar-refractivity contribution in [1.82, 2.24) is 14.8 Å². The molecule has 0 unspecified atom stereocenters. The third-order valence-electron chi connectivity index (χ3n) is 5.31. The van der Waals surface area contributed by atoms with E-state index < -0.39 is 0 Å². The molecule has 1 aliphatic rings. The van der Waals surface area contributed by atoms with Crippen LogP contribution in [0.1, 0.15) is 34.7 Å². The summed E-state index contributed by atoms with van der Waals surface area (Å²) in [6.07, 6.45) is 0.381. The Morgan fingerprint density at radius 2 is 2.07 bits per heavy atom. The minimum absolute atomic E-state index is 0.0246. The Hall–Kier alpha value is -3.19. The second-order valence-electron chi connectivity index (χ2n) is 7.31. The monoisotopic (exact) mass is 404 g/mol. The number of hydrogen-bond acceptors (Lipinski definition) is 5. The molecule has 5 rings (SSSR count). The van der Waals surface area contributed by atoms with Gasteiger partial charge in [0, 0.05) is 17.9 Å². The van der Waals surface area contributed by atoms with Crippen molar-refractivity contribution in [1.29, 1.82) is 0 Å². The van der Waals surface area contributed by atoms with E-state index in [1.807, 2.05) is 37.3 Å². The molecule has 2 aromatic carbocycles. The van der Waals surface area contributed by atoms with Crippen LogP contribution in [0.3, 0.4) is 0 Å². The Balaban J connectivity index is 1.66. The minimum atomic E-state index is -0.0702. The number of fused-ring (bicyclic) bond motifs is 2. The molecule has 0 saturated heterocycles. The third-order valence-corrected chi connectivity index (χ3v) is 6.31. The summed E-state index contributed by atoms with van der Waals surface area (Å²) < 4.78 is 8.26. The van der Waals surface area contributed by atoms with Crippen molar-refractivity contribution in [3.63, 3.8) is 0 Å². The lowest BCUT2D eigenvalue weighted by Gasteiger charge is -2.24. The van der Waals surface area contributed by atoms with E-state index in [0.29, 0.717) is 12.2 Å². The van der Waals surface area contributed by atoms with E-state index in [0.717, 1.165) is 37.9 Å². The first-order valence-corrected chi connectivity index (χ1v) is 10.3. The van der Waals surface area contributed by atoms with Gasteiger partial charge in [0.15, 0.2) is 0 Å². The van der Waals surface area contributed by atoms with Crippen molar-refractivity contribution in [2.24, 2.45) is 0 Å². The highest BCUT2D eigenvalue weighted by molar-refractivity contribution is 7.20. The Morgan fingerprint density at radius 1 is 1.21 bits per heavy atom. The summed E-state index contributed by atoms with van der Waals surface area (Å²) in [5.41, 5.74) is 5.10. The number of carbonyl (C=O) groups excluding carboxylic acids is 1. The quantitative estimate of drug-likeness (QED) is 0.543. The lowest BCUT2D eigenvalue weighted by Crippen LogP contribution is -2.24. The lowest BCUT2D eigenvalue weighted by molar-refractivity contribution is -0.116. The lowest BCUT2D eigenvalue weighted by atomic mass is 9.86. The van der Waals surface area contributed by atoms with Gasteiger partial charge in [-0.15, -0.1) is 0 Å². The van der Waals surface area contributed by atoms with Gasteiger partial charge in [-0.05, 0) is 49.2 Å². The molecule has 7 heteroatoms. The Labute approximate surface area is 172 Å². The number of anilines is 1. The summed E-state index contributed by atoms with van der Waals surface area (Å²) >= 11 is 1.57. The van der Waals surface area contributed by atoms with Gasteiger partial charge < -0.3 is 10.1 Å². The number of methoxy groups -OCH3 is 1. The molecule has 0 bridgehead atoms. The van der Waals surface area contributed by atoms with Crippen molar-refractivity contribution < 1.29 is 9.53 Å². The SMILES string of the molecule is COc1cccc([C@@H]2CC(=O)Nc3c2c(C)nn3-c2nc3ccc(C)cc3s2)c1. The predicted molar refractivity (Wildman–Crippen MR) is 114 cm³/mol. The zero-order valence-electron chi connectivity index (χ0n) is 16.4. The van der Waals surface area contributed by atoms with E-state index in [2.05, 4.69) is 24.4 Å². The van der Waals surface area contributed by atoms with Crippen molar-refractivity contribution >= 4 is 33.3 Å². The molecule has 0 radical (unpaired) electrons. The second kappa shape index (κ2) is 6.70.